The Balaban J connectivity index is 1.81. The summed E-state index contributed by atoms with van der Waals surface area (Å²) in [5, 5.41) is 6.01. The molecule has 1 fully saturated rings. The number of nitrogens with zero attached hydrogens (tertiary/aromatic N) is 7. The van der Waals surface area contributed by atoms with Gasteiger partial charge in [-0.15, -0.1) is 0 Å². The van der Waals surface area contributed by atoms with Crippen molar-refractivity contribution in [1.82, 2.24) is 34.7 Å². The third kappa shape index (κ3) is 4.56. The molecule has 0 atom stereocenters. The highest BCUT2D eigenvalue weighted by Gasteiger charge is 2.20. The zero-order valence-corrected chi connectivity index (χ0v) is 17.2. The molecule has 2 aromatic rings. The fraction of sp³-hybridized carbons (Fsp3) is 0.611. The third-order valence-corrected chi connectivity index (χ3v) is 4.64. The van der Waals surface area contributed by atoms with Crippen molar-refractivity contribution in [2.24, 2.45) is 7.05 Å². The minimum absolute atomic E-state index is 0.0561. The summed E-state index contributed by atoms with van der Waals surface area (Å²) in [6, 6.07) is 0.0561. The average Bonchev–Trinajstić information content (AvgIpc) is 3.02. The second-order valence-corrected chi connectivity index (χ2v) is 7.30. The molecule has 1 saturated heterocycles. The molecule has 0 aliphatic carbocycles. The summed E-state index contributed by atoms with van der Waals surface area (Å²) in [5.74, 6) is 2.17. The molecule has 1 amide bonds. The largest absolute Gasteiger partial charge is 0.349 e. The Morgan fingerprint density at radius 2 is 1.86 bits per heavy atom. The van der Waals surface area contributed by atoms with Gasteiger partial charge in [0.05, 0.1) is 6.20 Å². The van der Waals surface area contributed by atoms with Crippen molar-refractivity contribution >= 4 is 23.8 Å². The summed E-state index contributed by atoms with van der Waals surface area (Å²) < 4.78 is 1.70. The lowest BCUT2D eigenvalue weighted by Crippen LogP contribution is -2.45. The van der Waals surface area contributed by atoms with Crippen molar-refractivity contribution < 1.29 is 4.79 Å². The molecule has 152 valence electrons. The number of imidazole rings is 1. The van der Waals surface area contributed by atoms with Crippen LogP contribution >= 0.6 is 0 Å². The monoisotopic (exact) mass is 387 g/mol. The predicted octanol–water partition coefficient (Wildman–Crippen LogP) is 0.801. The summed E-state index contributed by atoms with van der Waals surface area (Å²) in [7, 11) is 3.90. The lowest BCUT2D eigenvalue weighted by atomic mass is 10.3. The van der Waals surface area contributed by atoms with Crippen LogP contribution < -0.4 is 15.5 Å². The minimum atomic E-state index is -0.166. The van der Waals surface area contributed by atoms with Crippen LogP contribution in [0.15, 0.2) is 6.20 Å². The van der Waals surface area contributed by atoms with Crippen LogP contribution in [0.25, 0.3) is 0 Å². The Bertz CT molecular complexity index is 824. The first-order valence-corrected chi connectivity index (χ1v) is 9.65. The first-order chi connectivity index (χ1) is 13.4. The molecule has 0 aromatic carbocycles. The zero-order valence-electron chi connectivity index (χ0n) is 17.2. The normalized spacial score (nSPS) is 15.1. The number of carbonyl (C=O) groups excluding carboxylic acids is 1. The van der Waals surface area contributed by atoms with Crippen LogP contribution in [-0.4, -0.2) is 74.6 Å². The molecule has 10 nitrogen and oxygen atoms in total. The topological polar surface area (TPSA) is 104 Å². The van der Waals surface area contributed by atoms with Gasteiger partial charge in [0.1, 0.15) is 11.5 Å². The van der Waals surface area contributed by atoms with E-state index in [0.29, 0.717) is 30.0 Å². The molecule has 3 heterocycles. The SMILES string of the molecule is CCc1nc(Nc2ncc(C(=O)NC(C)C)n2C)nc(N2CCN(C)CC2)n1. The first-order valence-electron chi connectivity index (χ1n) is 9.65. The van der Waals surface area contributed by atoms with E-state index in [1.807, 2.05) is 20.8 Å². The second kappa shape index (κ2) is 8.51. The van der Waals surface area contributed by atoms with Gasteiger partial charge in [0.15, 0.2) is 0 Å². The number of hydrogen-bond acceptors (Lipinski definition) is 8. The number of amides is 1. The summed E-state index contributed by atoms with van der Waals surface area (Å²) in [5.41, 5.74) is 0.472. The van der Waals surface area contributed by atoms with Crippen LogP contribution in [0.1, 0.15) is 37.1 Å². The summed E-state index contributed by atoms with van der Waals surface area (Å²) in [6.45, 7) is 9.57. The number of rotatable bonds is 6. The Morgan fingerprint density at radius 1 is 1.14 bits per heavy atom. The Morgan fingerprint density at radius 3 is 2.50 bits per heavy atom. The number of nitrogens with one attached hydrogen (secondary N) is 2. The van der Waals surface area contributed by atoms with Gasteiger partial charge < -0.3 is 19.7 Å². The van der Waals surface area contributed by atoms with E-state index in [1.165, 1.54) is 0 Å². The fourth-order valence-electron chi connectivity index (χ4n) is 2.94. The highest BCUT2D eigenvalue weighted by molar-refractivity contribution is 5.93. The van der Waals surface area contributed by atoms with E-state index >= 15 is 0 Å². The lowest BCUT2D eigenvalue weighted by molar-refractivity contribution is 0.0935. The number of aromatic nitrogens is 5. The number of anilines is 3. The molecule has 2 N–H and O–H groups in total. The van der Waals surface area contributed by atoms with Crippen LogP contribution in [0.2, 0.25) is 0 Å². The number of hydrogen-bond donors (Lipinski definition) is 2. The number of aryl methyl sites for hydroxylation is 1. The van der Waals surface area contributed by atoms with E-state index in [1.54, 1.807) is 17.8 Å². The minimum Gasteiger partial charge on any atom is -0.349 e. The Hall–Kier alpha value is -2.75. The van der Waals surface area contributed by atoms with E-state index in [-0.39, 0.29) is 11.9 Å². The molecule has 0 unspecified atom stereocenters. The van der Waals surface area contributed by atoms with Crippen molar-refractivity contribution in [3.8, 4) is 0 Å². The van der Waals surface area contributed by atoms with Crippen LogP contribution in [0, 0.1) is 0 Å². The van der Waals surface area contributed by atoms with Crippen LogP contribution in [0.4, 0.5) is 17.8 Å². The maximum absolute atomic E-state index is 12.3. The molecule has 0 saturated carbocycles. The second-order valence-electron chi connectivity index (χ2n) is 7.30. The number of piperazine rings is 1. The predicted molar refractivity (Wildman–Crippen MR) is 108 cm³/mol. The summed E-state index contributed by atoms with van der Waals surface area (Å²) >= 11 is 0. The van der Waals surface area contributed by atoms with E-state index in [4.69, 9.17) is 0 Å². The van der Waals surface area contributed by atoms with Crippen molar-refractivity contribution in [1.29, 1.82) is 0 Å². The van der Waals surface area contributed by atoms with Crippen LogP contribution in [0.3, 0.4) is 0 Å². The average molecular weight is 387 g/mol. The van der Waals surface area contributed by atoms with E-state index in [2.05, 4.69) is 47.4 Å². The van der Waals surface area contributed by atoms with Gasteiger partial charge in [-0.25, -0.2) is 4.98 Å². The van der Waals surface area contributed by atoms with Crippen molar-refractivity contribution in [2.45, 2.75) is 33.2 Å². The molecule has 28 heavy (non-hydrogen) atoms. The molecule has 2 aromatic heterocycles. The first kappa shape index (κ1) is 20.0. The molecule has 3 rings (SSSR count). The van der Waals surface area contributed by atoms with Crippen molar-refractivity contribution in [2.75, 3.05) is 43.4 Å². The fourth-order valence-corrected chi connectivity index (χ4v) is 2.94. The summed E-state index contributed by atoms with van der Waals surface area (Å²) in [6.07, 6.45) is 2.25. The smallest absolute Gasteiger partial charge is 0.269 e. The Labute approximate surface area is 165 Å². The molecule has 10 heteroatoms. The van der Waals surface area contributed by atoms with Gasteiger partial charge in [0.25, 0.3) is 5.91 Å². The van der Waals surface area contributed by atoms with Gasteiger partial charge in [0.2, 0.25) is 17.8 Å². The maximum Gasteiger partial charge on any atom is 0.269 e. The van der Waals surface area contributed by atoms with Crippen LogP contribution in [-0.2, 0) is 13.5 Å². The van der Waals surface area contributed by atoms with Gasteiger partial charge >= 0.3 is 0 Å². The van der Waals surface area contributed by atoms with Gasteiger partial charge in [-0.3, -0.25) is 10.1 Å². The maximum atomic E-state index is 12.3. The molecule has 0 radical (unpaired) electrons. The molecule has 1 aliphatic heterocycles. The zero-order chi connectivity index (χ0) is 20.3. The van der Waals surface area contributed by atoms with Gasteiger partial charge in [-0.2, -0.15) is 15.0 Å². The third-order valence-electron chi connectivity index (χ3n) is 4.64. The highest BCUT2D eigenvalue weighted by Crippen LogP contribution is 2.17. The summed E-state index contributed by atoms with van der Waals surface area (Å²) in [4.78, 5) is 34.7. The molecular weight excluding hydrogens is 358 g/mol. The number of carbonyl (C=O) groups is 1. The lowest BCUT2D eigenvalue weighted by Gasteiger charge is -2.32. The quantitative estimate of drug-likeness (QED) is 0.750. The van der Waals surface area contributed by atoms with E-state index < -0.39 is 0 Å². The molecule has 0 spiro atoms. The van der Waals surface area contributed by atoms with E-state index in [9.17, 15) is 4.79 Å². The van der Waals surface area contributed by atoms with E-state index in [0.717, 1.165) is 32.0 Å². The van der Waals surface area contributed by atoms with Gasteiger partial charge in [-0.05, 0) is 20.9 Å². The highest BCUT2D eigenvalue weighted by atomic mass is 16.2. The van der Waals surface area contributed by atoms with Crippen LogP contribution in [0.5, 0.6) is 0 Å². The Kier molecular flexibility index (Phi) is 6.08. The standard InChI is InChI=1S/C18H29N9O/c1-6-14-21-16(24-18(22-14)27-9-7-25(4)8-10-27)23-17-19-11-13(26(17)5)15(28)20-12(2)3/h11-12H,6-10H2,1-5H3,(H,20,28)(H,19,21,22,23,24). The van der Waals surface area contributed by atoms with Gasteiger partial charge in [0, 0.05) is 45.7 Å². The van der Waals surface area contributed by atoms with Gasteiger partial charge in [-0.1, -0.05) is 6.92 Å². The van der Waals surface area contributed by atoms with Crippen molar-refractivity contribution in [3.63, 3.8) is 0 Å². The molecule has 1 aliphatic rings. The molecular formula is C18H29N9O. The molecule has 0 bridgehead atoms. The van der Waals surface area contributed by atoms with Crippen molar-refractivity contribution in [3.05, 3.63) is 17.7 Å². The number of likely N-dealkylation sites (N-methyl/N-ethyl adjacent to an activating group) is 1.